The molecule has 0 aliphatic carbocycles. The molecule has 13 heteroatoms. The van der Waals surface area contributed by atoms with Crippen LogP contribution in [0.2, 0.25) is 5.02 Å². The van der Waals surface area contributed by atoms with E-state index in [1.165, 1.54) is 13.2 Å². The zero-order chi connectivity index (χ0) is 37.7. The molecule has 2 aromatic rings. The van der Waals surface area contributed by atoms with Crippen molar-refractivity contribution in [3.05, 3.63) is 92.8 Å². The summed E-state index contributed by atoms with van der Waals surface area (Å²) in [5, 5.41) is 12.5. The highest BCUT2D eigenvalue weighted by atomic mass is 35.5. The predicted molar refractivity (Wildman–Crippen MR) is 198 cm³/mol. The summed E-state index contributed by atoms with van der Waals surface area (Å²) in [5.41, 5.74) is 9.89. The van der Waals surface area contributed by atoms with E-state index >= 15 is 0 Å². The first-order valence-electron chi connectivity index (χ1n) is 17.0. The van der Waals surface area contributed by atoms with Gasteiger partial charge in [0.25, 0.3) is 0 Å². The highest BCUT2D eigenvalue weighted by Gasteiger charge is 2.39. The minimum absolute atomic E-state index is 0.0575. The molecular formula is C38H49ClN6O6. The van der Waals surface area contributed by atoms with Crippen molar-refractivity contribution in [2.45, 2.75) is 91.6 Å². The zero-order valence-electron chi connectivity index (χ0n) is 30.3. The van der Waals surface area contributed by atoms with Crippen molar-refractivity contribution in [3.8, 4) is 5.75 Å². The number of nitrogens with zero attached hydrogens (tertiary/aromatic N) is 3. The monoisotopic (exact) mass is 720 g/mol. The van der Waals surface area contributed by atoms with Gasteiger partial charge in [-0.15, -0.1) is 0 Å². The lowest BCUT2D eigenvalue weighted by atomic mass is 9.83. The Morgan fingerprint density at radius 1 is 1.04 bits per heavy atom. The van der Waals surface area contributed by atoms with Crippen LogP contribution < -0.4 is 20.7 Å². The van der Waals surface area contributed by atoms with Gasteiger partial charge in [0.05, 0.1) is 24.1 Å². The van der Waals surface area contributed by atoms with Gasteiger partial charge >= 0.3 is 5.97 Å². The number of rotatable bonds is 10. The number of ether oxygens (including phenoxy) is 2. The molecule has 0 fully saturated rings. The molecule has 0 saturated heterocycles. The first-order valence-corrected chi connectivity index (χ1v) is 17.4. The average molecular weight is 721 g/mol. The van der Waals surface area contributed by atoms with Crippen LogP contribution in [0, 0.1) is 17.3 Å². The minimum Gasteiger partial charge on any atom is -0.495 e. The first-order chi connectivity index (χ1) is 24.1. The molecular weight excluding hydrogens is 672 g/mol. The van der Waals surface area contributed by atoms with E-state index in [0.29, 0.717) is 22.8 Å². The van der Waals surface area contributed by atoms with Gasteiger partial charge in [-0.25, -0.2) is 4.79 Å². The topological polar surface area (TPSA) is 172 Å². The number of amides is 3. The van der Waals surface area contributed by atoms with Crippen LogP contribution in [0.3, 0.4) is 0 Å². The van der Waals surface area contributed by atoms with Gasteiger partial charge in [0.2, 0.25) is 17.7 Å². The smallest absolute Gasteiger partial charge is 0.328 e. The summed E-state index contributed by atoms with van der Waals surface area (Å²) in [6.07, 6.45) is 6.71. The summed E-state index contributed by atoms with van der Waals surface area (Å²) in [6.45, 7) is 11.1. The average Bonchev–Trinajstić information content (AvgIpc) is 3.08. The lowest BCUT2D eigenvalue weighted by Crippen LogP contribution is -2.58. The molecule has 0 bridgehead atoms. The zero-order valence-corrected chi connectivity index (χ0v) is 31.1. The minimum atomic E-state index is -1.15. The molecule has 3 rings (SSSR count). The fraction of sp³-hybridized carbons (Fsp3) is 0.474. The van der Waals surface area contributed by atoms with Crippen LogP contribution in [-0.4, -0.2) is 55.0 Å². The molecule has 274 valence electrons. The van der Waals surface area contributed by atoms with Gasteiger partial charge in [0, 0.05) is 29.7 Å². The molecule has 2 unspecified atom stereocenters. The molecule has 2 aromatic carbocycles. The van der Waals surface area contributed by atoms with Crippen molar-refractivity contribution in [3.63, 3.8) is 0 Å². The highest BCUT2D eigenvalue weighted by Crippen LogP contribution is 2.27. The van der Waals surface area contributed by atoms with Crippen molar-refractivity contribution >= 4 is 41.4 Å². The molecule has 1 heterocycles. The van der Waals surface area contributed by atoms with E-state index in [0.717, 1.165) is 11.1 Å². The molecule has 12 nitrogen and oxygen atoms in total. The molecule has 0 spiro atoms. The van der Waals surface area contributed by atoms with E-state index in [1.54, 1.807) is 45.0 Å². The number of halogens is 1. The molecule has 0 radical (unpaired) electrons. The summed E-state index contributed by atoms with van der Waals surface area (Å²) >= 11 is 6.35. The normalized spacial score (nSPS) is 23.0. The molecule has 51 heavy (non-hydrogen) atoms. The number of carbonyl (C=O) groups excluding carboxylic acids is 4. The third-order valence-corrected chi connectivity index (χ3v) is 9.29. The van der Waals surface area contributed by atoms with Crippen molar-refractivity contribution < 1.29 is 28.7 Å². The Balaban J connectivity index is 1.96. The number of benzene rings is 2. The van der Waals surface area contributed by atoms with Crippen LogP contribution in [-0.2, 0) is 36.9 Å². The second-order valence-electron chi connectivity index (χ2n) is 13.8. The quantitative estimate of drug-likeness (QED) is 0.110. The highest BCUT2D eigenvalue weighted by molar-refractivity contribution is 6.32. The third kappa shape index (κ3) is 12.2. The second kappa shape index (κ2) is 19.0. The van der Waals surface area contributed by atoms with Crippen LogP contribution >= 0.6 is 11.6 Å². The molecule has 3 N–H and O–H groups in total. The molecule has 0 aromatic heterocycles. The summed E-state index contributed by atoms with van der Waals surface area (Å²) in [4.78, 5) is 57.2. The van der Waals surface area contributed by atoms with Gasteiger partial charge in [-0.3, -0.25) is 14.4 Å². The van der Waals surface area contributed by atoms with E-state index in [9.17, 15) is 19.2 Å². The van der Waals surface area contributed by atoms with E-state index in [2.05, 4.69) is 26.0 Å². The third-order valence-electron chi connectivity index (χ3n) is 8.99. The van der Waals surface area contributed by atoms with Crippen molar-refractivity contribution in [2.24, 2.45) is 22.4 Å². The van der Waals surface area contributed by atoms with E-state index < -0.39 is 53.3 Å². The van der Waals surface area contributed by atoms with E-state index in [1.807, 2.05) is 57.2 Å². The molecule has 1 aliphatic rings. The first kappa shape index (κ1) is 40.6. The Morgan fingerprint density at radius 2 is 1.73 bits per heavy atom. The number of methoxy groups -OCH3 is 1. The number of carbonyl (C=O) groups is 4. The van der Waals surface area contributed by atoms with Crippen LogP contribution in [0.1, 0.15) is 71.1 Å². The number of hydrogen-bond acceptors (Lipinski definition) is 7. The van der Waals surface area contributed by atoms with Crippen molar-refractivity contribution in [2.75, 3.05) is 7.11 Å². The van der Waals surface area contributed by atoms with Gasteiger partial charge in [-0.2, -0.15) is 0 Å². The van der Waals surface area contributed by atoms with Crippen LogP contribution in [0.4, 0.5) is 0 Å². The largest absolute Gasteiger partial charge is 0.495 e. The maximum Gasteiger partial charge on any atom is 0.328 e. The Labute approximate surface area is 305 Å². The number of hydrogen-bond donors (Lipinski definition) is 3. The number of esters is 1. The maximum atomic E-state index is 13.8. The van der Waals surface area contributed by atoms with E-state index in [4.69, 9.17) is 26.6 Å². The Hall–Kier alpha value is -4.80. The summed E-state index contributed by atoms with van der Waals surface area (Å²) in [6, 6.07) is 10.0. The lowest BCUT2D eigenvalue weighted by Gasteiger charge is -2.34. The lowest BCUT2D eigenvalue weighted by molar-refractivity contribution is -0.156. The summed E-state index contributed by atoms with van der Waals surface area (Å²) in [5.74, 6) is -1.77. The van der Waals surface area contributed by atoms with Crippen LogP contribution in [0.5, 0.6) is 5.75 Å². The van der Waals surface area contributed by atoms with Crippen LogP contribution in [0.25, 0.3) is 16.5 Å². The molecule has 1 aliphatic heterocycles. The predicted octanol–water partition coefficient (Wildman–Crippen LogP) is 6.47. The van der Waals surface area contributed by atoms with Crippen LogP contribution in [0.15, 0.2) is 65.8 Å². The van der Waals surface area contributed by atoms with Gasteiger partial charge in [-0.05, 0) is 73.5 Å². The van der Waals surface area contributed by atoms with Gasteiger partial charge < -0.3 is 25.4 Å². The maximum absolute atomic E-state index is 13.8. The van der Waals surface area contributed by atoms with Gasteiger partial charge in [0.15, 0.2) is 0 Å². The Kier molecular flexibility index (Phi) is 15.1. The van der Waals surface area contributed by atoms with Crippen molar-refractivity contribution in [1.29, 1.82) is 0 Å². The Morgan fingerprint density at radius 3 is 2.35 bits per heavy atom. The SMILES string of the molecule is COc1ccc(C[C@H]2NC(=O)/C=C/C[C@@H](C(C)/C=C/c3ccc(CN=[N+]=[N-])cc3)OC(=O)[C@H](CC(C)C)NC(=O)C(C)(C)C(C)NC2=O)cc1Cl. The molecule has 3 amide bonds. The standard InChI is InChI=1S/C38H49ClN6O6/c1-23(2)19-31-36(48)51-32(24(3)11-12-26-13-15-27(16-14-26)22-41-45-40)9-8-10-34(46)43-30(21-28-17-18-33(50-7)29(39)20-28)35(47)42-25(4)38(5,6)37(49)44-31/h8,10-18,20,23-25,30-32H,9,19,21-22H2,1-7H3,(H,42,47)(H,43,46)(H,44,49)/b10-8+,12-11+/t24?,25?,30-,31+,32+/m1/s1. The summed E-state index contributed by atoms with van der Waals surface area (Å²) < 4.78 is 11.3. The second-order valence-corrected chi connectivity index (χ2v) is 14.2. The fourth-order valence-electron chi connectivity index (χ4n) is 5.37. The van der Waals surface area contributed by atoms with E-state index in [-0.39, 0.29) is 31.2 Å². The number of azide groups is 1. The van der Waals surface area contributed by atoms with Gasteiger partial charge in [-0.1, -0.05) is 86.0 Å². The summed E-state index contributed by atoms with van der Waals surface area (Å²) in [7, 11) is 1.50. The van der Waals surface area contributed by atoms with Gasteiger partial charge in [0.1, 0.15) is 23.9 Å². The fourth-order valence-corrected chi connectivity index (χ4v) is 5.65. The number of cyclic esters (lactones) is 1. The molecule has 5 atom stereocenters. The Bertz CT molecular complexity index is 1650. The van der Waals surface area contributed by atoms with Crippen molar-refractivity contribution in [1.82, 2.24) is 16.0 Å². The molecule has 0 saturated carbocycles. The number of nitrogens with one attached hydrogen (secondary N) is 3.